The number of hydrogen-bond acceptors (Lipinski definition) is 5. The van der Waals surface area contributed by atoms with Crippen molar-refractivity contribution in [2.45, 2.75) is 6.92 Å². The molecule has 0 aliphatic heterocycles. The molecule has 92 valence electrons. The van der Waals surface area contributed by atoms with Gasteiger partial charge >= 0.3 is 12.1 Å². The third-order valence-corrected chi connectivity index (χ3v) is 1.55. The Balaban J connectivity index is 3.78. The summed E-state index contributed by atoms with van der Waals surface area (Å²) in [6, 6.07) is 0. The van der Waals surface area contributed by atoms with Crippen LogP contribution in [0.15, 0.2) is 12.3 Å². The van der Waals surface area contributed by atoms with E-state index in [4.69, 9.17) is 4.74 Å². The molecule has 0 spiro atoms. The predicted octanol–water partition coefficient (Wildman–Crippen LogP) is 0.351. The molecule has 0 rings (SSSR count). The van der Waals surface area contributed by atoms with Gasteiger partial charge in [0.1, 0.15) is 12.3 Å². The number of nitrogens with zero attached hydrogens (tertiary/aromatic N) is 1. The number of nitrogens with one attached hydrogen (secondary N) is 1. The molecule has 0 aromatic heterocycles. The smallest absolute Gasteiger partial charge is 0.411 e. The molecule has 16 heavy (non-hydrogen) atoms. The predicted molar refractivity (Wildman–Crippen MR) is 58.8 cm³/mol. The number of esters is 1. The van der Waals surface area contributed by atoms with E-state index in [1.165, 1.54) is 0 Å². The molecule has 0 aliphatic rings. The lowest BCUT2D eigenvalue weighted by Gasteiger charge is -2.11. The average Bonchev–Trinajstić information content (AvgIpc) is 2.17. The Morgan fingerprint density at radius 3 is 2.44 bits per heavy atom. The molecule has 0 heterocycles. The van der Waals surface area contributed by atoms with E-state index in [-0.39, 0.29) is 18.9 Å². The van der Waals surface area contributed by atoms with Crippen molar-refractivity contribution < 1.29 is 19.1 Å². The van der Waals surface area contributed by atoms with E-state index in [0.29, 0.717) is 6.54 Å². The molecule has 0 aliphatic carbocycles. The second-order valence-electron chi connectivity index (χ2n) is 3.26. The molecule has 0 fully saturated rings. The number of ether oxygens (including phenoxy) is 2. The molecular formula is C10H18N2O4. The summed E-state index contributed by atoms with van der Waals surface area (Å²) in [4.78, 5) is 24.1. The molecule has 6 heteroatoms. The van der Waals surface area contributed by atoms with E-state index in [1.54, 1.807) is 6.92 Å². The maximum absolute atomic E-state index is 11.1. The molecule has 0 bridgehead atoms. The highest BCUT2D eigenvalue weighted by Crippen LogP contribution is 1.91. The zero-order valence-electron chi connectivity index (χ0n) is 9.91. The van der Waals surface area contributed by atoms with E-state index in [0.717, 1.165) is 0 Å². The molecule has 0 saturated carbocycles. The molecule has 0 aromatic carbocycles. The monoisotopic (exact) mass is 230 g/mol. The Hall–Kier alpha value is -1.56. The summed E-state index contributed by atoms with van der Waals surface area (Å²) in [5.74, 6) is -0.660. The Bertz CT molecular complexity index is 264. The van der Waals surface area contributed by atoms with Crippen molar-refractivity contribution in [3.63, 3.8) is 0 Å². The first-order valence-electron chi connectivity index (χ1n) is 4.92. The lowest BCUT2D eigenvalue weighted by Crippen LogP contribution is -2.30. The average molecular weight is 230 g/mol. The number of carbonyl (C=O) groups excluding carboxylic acids is 2. The van der Waals surface area contributed by atoms with E-state index in [9.17, 15) is 9.59 Å². The first kappa shape index (κ1) is 14.4. The zero-order valence-corrected chi connectivity index (χ0v) is 9.91. The summed E-state index contributed by atoms with van der Waals surface area (Å²) in [5, 5.41) is 2.19. The molecule has 6 nitrogen and oxygen atoms in total. The second-order valence-corrected chi connectivity index (χ2v) is 3.26. The van der Waals surface area contributed by atoms with E-state index >= 15 is 0 Å². The molecular weight excluding hydrogens is 212 g/mol. The third-order valence-electron chi connectivity index (χ3n) is 1.55. The van der Waals surface area contributed by atoms with Gasteiger partial charge in [0, 0.05) is 6.54 Å². The standard InChI is InChI=1S/C10H18N2O4/c1-5-15-9(13)8(2)11-10(14)16-7-6-12(3)4/h2,5-7H2,1,3-4H3,(H,11,14). The van der Waals surface area contributed by atoms with Gasteiger partial charge in [-0.15, -0.1) is 0 Å². The quantitative estimate of drug-likeness (QED) is 0.527. The molecule has 0 aromatic rings. The second kappa shape index (κ2) is 7.70. The number of rotatable bonds is 6. The van der Waals surface area contributed by atoms with Crippen molar-refractivity contribution in [3.8, 4) is 0 Å². The summed E-state index contributed by atoms with van der Waals surface area (Å²) in [6.45, 7) is 6.11. The summed E-state index contributed by atoms with van der Waals surface area (Å²) < 4.78 is 9.42. The summed E-state index contributed by atoms with van der Waals surface area (Å²) in [7, 11) is 3.72. The van der Waals surface area contributed by atoms with Crippen LogP contribution < -0.4 is 5.32 Å². The molecule has 1 amide bonds. The van der Waals surface area contributed by atoms with E-state index in [1.807, 2.05) is 19.0 Å². The van der Waals surface area contributed by atoms with Gasteiger partial charge in [0.15, 0.2) is 0 Å². The van der Waals surface area contributed by atoms with Crippen molar-refractivity contribution >= 4 is 12.1 Å². The first-order valence-corrected chi connectivity index (χ1v) is 4.92. The van der Waals surface area contributed by atoms with Crippen LogP contribution in [0.2, 0.25) is 0 Å². The first-order chi connectivity index (χ1) is 7.47. The number of alkyl carbamates (subject to hydrolysis) is 1. The van der Waals surface area contributed by atoms with Crippen LogP contribution in [0, 0.1) is 0 Å². The van der Waals surface area contributed by atoms with Crippen molar-refractivity contribution in [1.29, 1.82) is 0 Å². The van der Waals surface area contributed by atoms with Crippen molar-refractivity contribution in [2.24, 2.45) is 0 Å². The SMILES string of the molecule is C=C(NC(=O)OCCN(C)C)C(=O)OCC. The fourth-order valence-electron chi connectivity index (χ4n) is 0.749. The molecule has 0 unspecified atom stereocenters. The Morgan fingerprint density at radius 1 is 1.31 bits per heavy atom. The lowest BCUT2D eigenvalue weighted by molar-refractivity contribution is -0.138. The van der Waals surface area contributed by atoms with Gasteiger partial charge in [0.05, 0.1) is 6.61 Å². The molecule has 0 saturated heterocycles. The third kappa shape index (κ3) is 6.83. The molecule has 0 atom stereocenters. The Morgan fingerprint density at radius 2 is 1.94 bits per heavy atom. The van der Waals surface area contributed by atoms with Gasteiger partial charge < -0.3 is 14.4 Å². The maximum Gasteiger partial charge on any atom is 0.411 e. The van der Waals surface area contributed by atoms with E-state index in [2.05, 4.69) is 16.6 Å². The minimum Gasteiger partial charge on any atom is -0.461 e. The van der Waals surface area contributed by atoms with Gasteiger partial charge in [-0.25, -0.2) is 9.59 Å². The van der Waals surface area contributed by atoms with Gasteiger partial charge in [-0.2, -0.15) is 0 Å². The van der Waals surface area contributed by atoms with Crippen molar-refractivity contribution in [1.82, 2.24) is 10.2 Å². The van der Waals surface area contributed by atoms with Crippen LogP contribution in [0.4, 0.5) is 4.79 Å². The topological polar surface area (TPSA) is 67.9 Å². The minimum atomic E-state index is -0.708. The van der Waals surface area contributed by atoms with Gasteiger partial charge in [-0.1, -0.05) is 6.58 Å². The van der Waals surface area contributed by atoms with Crippen LogP contribution in [-0.4, -0.2) is 50.8 Å². The largest absolute Gasteiger partial charge is 0.461 e. The number of carbonyl (C=O) groups is 2. The highest BCUT2D eigenvalue weighted by atomic mass is 16.6. The van der Waals surface area contributed by atoms with Crippen LogP contribution in [0.3, 0.4) is 0 Å². The molecule has 1 N–H and O–H groups in total. The van der Waals surface area contributed by atoms with Crippen LogP contribution in [0.25, 0.3) is 0 Å². The van der Waals surface area contributed by atoms with Crippen LogP contribution >= 0.6 is 0 Å². The van der Waals surface area contributed by atoms with Crippen LogP contribution in [-0.2, 0) is 14.3 Å². The van der Waals surface area contributed by atoms with Crippen LogP contribution in [0.5, 0.6) is 0 Å². The number of amides is 1. The number of likely N-dealkylation sites (N-methyl/N-ethyl adjacent to an activating group) is 1. The Labute approximate surface area is 95.2 Å². The summed E-state index contributed by atoms with van der Waals surface area (Å²) in [5.41, 5.74) is -0.128. The molecule has 0 radical (unpaired) electrons. The Kier molecular flexibility index (Phi) is 6.95. The summed E-state index contributed by atoms with van der Waals surface area (Å²) in [6.07, 6.45) is -0.708. The highest BCUT2D eigenvalue weighted by Gasteiger charge is 2.11. The lowest BCUT2D eigenvalue weighted by atomic mass is 10.5. The van der Waals surface area contributed by atoms with Gasteiger partial charge in [0.2, 0.25) is 0 Å². The number of hydrogen-bond donors (Lipinski definition) is 1. The maximum atomic E-state index is 11.1. The van der Waals surface area contributed by atoms with Gasteiger partial charge in [0.25, 0.3) is 0 Å². The zero-order chi connectivity index (χ0) is 12.6. The van der Waals surface area contributed by atoms with Crippen LogP contribution in [0.1, 0.15) is 6.92 Å². The fraction of sp³-hybridized carbons (Fsp3) is 0.600. The van der Waals surface area contributed by atoms with Crippen molar-refractivity contribution in [2.75, 3.05) is 33.9 Å². The fourth-order valence-corrected chi connectivity index (χ4v) is 0.749. The summed E-state index contributed by atoms with van der Waals surface area (Å²) >= 11 is 0. The van der Waals surface area contributed by atoms with Crippen molar-refractivity contribution in [3.05, 3.63) is 12.3 Å². The van der Waals surface area contributed by atoms with Gasteiger partial charge in [-0.05, 0) is 21.0 Å². The van der Waals surface area contributed by atoms with Gasteiger partial charge in [-0.3, -0.25) is 5.32 Å². The van der Waals surface area contributed by atoms with E-state index < -0.39 is 12.1 Å². The highest BCUT2D eigenvalue weighted by molar-refractivity contribution is 5.91. The minimum absolute atomic E-state index is 0.128. The normalized spacial score (nSPS) is 9.75.